The minimum Gasteiger partial charge on any atom is -0.468 e. The number of aromatic nitrogens is 1. The number of H-pyrrole nitrogens is 1. The van der Waals surface area contributed by atoms with Gasteiger partial charge in [0.25, 0.3) is 0 Å². The lowest BCUT2D eigenvalue weighted by Gasteiger charge is -2.22. The monoisotopic (exact) mass is 283 g/mol. The number of aromatic amines is 1. The summed E-state index contributed by atoms with van der Waals surface area (Å²) >= 11 is 0. The van der Waals surface area contributed by atoms with Gasteiger partial charge in [-0.2, -0.15) is 0 Å². The number of benzene rings is 1. The molecule has 2 N–H and O–H groups in total. The van der Waals surface area contributed by atoms with Crippen LogP contribution in [0.25, 0.3) is 10.9 Å². The van der Waals surface area contributed by atoms with E-state index in [9.17, 15) is 0 Å². The summed E-state index contributed by atoms with van der Waals surface area (Å²) in [5.74, 6) is 0.993. The molecule has 1 aromatic carbocycles. The summed E-state index contributed by atoms with van der Waals surface area (Å²) in [6, 6.07) is 12.7. The Kier molecular flexibility index (Phi) is 4.08. The van der Waals surface area contributed by atoms with Crippen molar-refractivity contribution < 1.29 is 4.42 Å². The fourth-order valence-corrected chi connectivity index (χ4v) is 2.67. The molecule has 0 saturated heterocycles. The molecule has 0 aliphatic rings. The summed E-state index contributed by atoms with van der Waals surface area (Å²) in [4.78, 5) is 5.42. The first-order chi connectivity index (χ1) is 10.3. The van der Waals surface area contributed by atoms with Gasteiger partial charge in [-0.3, -0.25) is 4.90 Å². The molecule has 1 atom stereocenters. The van der Waals surface area contributed by atoms with Crippen LogP contribution in [0.4, 0.5) is 0 Å². The van der Waals surface area contributed by atoms with Crippen molar-refractivity contribution in [3.63, 3.8) is 0 Å². The van der Waals surface area contributed by atoms with E-state index in [4.69, 9.17) is 4.42 Å². The fourth-order valence-electron chi connectivity index (χ4n) is 2.67. The number of likely N-dealkylation sites (N-methyl/N-ethyl adjacent to an activating group) is 1. The third kappa shape index (κ3) is 3.01. The second-order valence-electron chi connectivity index (χ2n) is 5.48. The maximum Gasteiger partial charge on any atom is 0.122 e. The van der Waals surface area contributed by atoms with Crippen LogP contribution in [-0.2, 0) is 6.54 Å². The van der Waals surface area contributed by atoms with E-state index >= 15 is 0 Å². The van der Waals surface area contributed by atoms with E-state index in [1.807, 2.05) is 18.3 Å². The van der Waals surface area contributed by atoms with E-state index in [-0.39, 0.29) is 6.04 Å². The Bertz CT molecular complexity index is 685. The molecule has 110 valence electrons. The van der Waals surface area contributed by atoms with E-state index in [1.54, 1.807) is 6.26 Å². The minimum absolute atomic E-state index is 0.241. The molecular formula is C17H21N3O. The Hall–Kier alpha value is -2.04. The largest absolute Gasteiger partial charge is 0.468 e. The Morgan fingerprint density at radius 3 is 2.86 bits per heavy atom. The minimum atomic E-state index is 0.241. The van der Waals surface area contributed by atoms with Gasteiger partial charge in [0.15, 0.2) is 0 Å². The number of nitrogens with zero attached hydrogens (tertiary/aromatic N) is 1. The van der Waals surface area contributed by atoms with Crippen LogP contribution in [0.15, 0.2) is 53.3 Å². The molecule has 0 aliphatic heterocycles. The second kappa shape index (κ2) is 6.16. The number of nitrogens with one attached hydrogen (secondary N) is 2. The van der Waals surface area contributed by atoms with Gasteiger partial charge in [0, 0.05) is 30.2 Å². The maximum atomic E-state index is 5.53. The summed E-state index contributed by atoms with van der Waals surface area (Å²) in [6.07, 6.45) is 3.71. The zero-order valence-electron chi connectivity index (χ0n) is 12.5. The van der Waals surface area contributed by atoms with Gasteiger partial charge in [-0.1, -0.05) is 12.1 Å². The van der Waals surface area contributed by atoms with Gasteiger partial charge >= 0.3 is 0 Å². The molecule has 0 radical (unpaired) electrons. The predicted molar refractivity (Wildman–Crippen MR) is 85.1 cm³/mol. The van der Waals surface area contributed by atoms with Gasteiger partial charge < -0.3 is 14.7 Å². The Morgan fingerprint density at radius 1 is 1.19 bits per heavy atom. The highest BCUT2D eigenvalue weighted by Gasteiger charge is 2.16. The van der Waals surface area contributed by atoms with E-state index in [0.717, 1.165) is 18.8 Å². The van der Waals surface area contributed by atoms with Crippen LogP contribution in [0.5, 0.6) is 0 Å². The average molecular weight is 283 g/mol. The number of hydrogen-bond acceptors (Lipinski definition) is 3. The molecule has 0 saturated carbocycles. The number of furan rings is 1. The summed E-state index contributed by atoms with van der Waals surface area (Å²) in [5.41, 5.74) is 2.50. The highest BCUT2D eigenvalue weighted by molar-refractivity contribution is 5.82. The van der Waals surface area contributed by atoms with Crippen molar-refractivity contribution in [2.75, 3.05) is 20.6 Å². The maximum absolute atomic E-state index is 5.53. The summed E-state index contributed by atoms with van der Waals surface area (Å²) < 4.78 is 5.53. The zero-order valence-corrected chi connectivity index (χ0v) is 12.5. The number of hydrogen-bond donors (Lipinski definition) is 2. The van der Waals surface area contributed by atoms with Crippen LogP contribution >= 0.6 is 0 Å². The van der Waals surface area contributed by atoms with E-state index < -0.39 is 0 Å². The topological polar surface area (TPSA) is 44.2 Å². The smallest absolute Gasteiger partial charge is 0.122 e. The molecule has 0 amide bonds. The van der Waals surface area contributed by atoms with Gasteiger partial charge in [-0.25, -0.2) is 0 Å². The quantitative estimate of drug-likeness (QED) is 0.730. The van der Waals surface area contributed by atoms with Gasteiger partial charge in [-0.05, 0) is 43.9 Å². The molecule has 0 fully saturated rings. The first-order valence-corrected chi connectivity index (χ1v) is 7.21. The van der Waals surface area contributed by atoms with Crippen LogP contribution in [0.1, 0.15) is 17.4 Å². The van der Waals surface area contributed by atoms with E-state index in [2.05, 4.69) is 53.6 Å². The Morgan fingerprint density at radius 2 is 2.10 bits per heavy atom. The highest BCUT2D eigenvalue weighted by Crippen LogP contribution is 2.19. The first kappa shape index (κ1) is 13.9. The highest BCUT2D eigenvalue weighted by atomic mass is 16.3. The van der Waals surface area contributed by atoms with Gasteiger partial charge in [0.1, 0.15) is 5.76 Å². The summed E-state index contributed by atoms with van der Waals surface area (Å²) in [5, 5.41) is 4.82. The third-order valence-electron chi connectivity index (χ3n) is 3.83. The van der Waals surface area contributed by atoms with Crippen LogP contribution in [0.2, 0.25) is 0 Å². The number of fused-ring (bicyclic) bond motifs is 1. The van der Waals surface area contributed by atoms with Crippen LogP contribution in [0, 0.1) is 0 Å². The van der Waals surface area contributed by atoms with Crippen molar-refractivity contribution in [2.24, 2.45) is 0 Å². The van der Waals surface area contributed by atoms with Gasteiger partial charge in [-0.15, -0.1) is 0 Å². The Balaban J connectivity index is 1.66. The molecule has 1 unspecified atom stereocenters. The molecule has 3 aromatic rings. The molecule has 2 heterocycles. The molecule has 4 nitrogen and oxygen atoms in total. The van der Waals surface area contributed by atoms with Crippen LogP contribution < -0.4 is 5.32 Å². The average Bonchev–Trinajstić information content (AvgIpc) is 3.14. The molecule has 0 spiro atoms. The fraction of sp³-hybridized carbons (Fsp3) is 0.294. The van der Waals surface area contributed by atoms with Crippen molar-refractivity contribution in [1.82, 2.24) is 15.2 Å². The molecule has 2 aromatic heterocycles. The second-order valence-corrected chi connectivity index (χ2v) is 5.48. The predicted octanol–water partition coefficient (Wildman–Crippen LogP) is 3.15. The van der Waals surface area contributed by atoms with Gasteiger partial charge in [0.2, 0.25) is 0 Å². The molecule has 0 bridgehead atoms. The van der Waals surface area contributed by atoms with E-state index in [0.29, 0.717) is 0 Å². The Labute approximate surface area is 124 Å². The third-order valence-corrected chi connectivity index (χ3v) is 3.83. The van der Waals surface area contributed by atoms with Crippen molar-refractivity contribution in [3.05, 3.63) is 60.2 Å². The van der Waals surface area contributed by atoms with Crippen molar-refractivity contribution >= 4 is 10.9 Å². The standard InChI is InChI=1S/C17H21N3O/c1-20(2)16(17-7-4-10-21-17)12-18-11-13-5-3-6-15-14(13)8-9-19-15/h3-10,16,18-19H,11-12H2,1-2H3. The van der Waals surface area contributed by atoms with Gasteiger partial charge in [0.05, 0.1) is 12.3 Å². The summed E-state index contributed by atoms with van der Waals surface area (Å²) in [6.45, 7) is 1.70. The molecular weight excluding hydrogens is 262 g/mol. The molecule has 0 aliphatic carbocycles. The first-order valence-electron chi connectivity index (χ1n) is 7.21. The number of rotatable bonds is 6. The lowest BCUT2D eigenvalue weighted by Crippen LogP contribution is -2.30. The molecule has 3 rings (SSSR count). The van der Waals surface area contributed by atoms with Crippen LogP contribution in [-0.4, -0.2) is 30.5 Å². The van der Waals surface area contributed by atoms with Crippen LogP contribution in [0.3, 0.4) is 0 Å². The zero-order chi connectivity index (χ0) is 14.7. The normalized spacial score (nSPS) is 13.1. The summed E-state index contributed by atoms with van der Waals surface area (Å²) in [7, 11) is 4.14. The lowest BCUT2D eigenvalue weighted by atomic mass is 10.1. The lowest BCUT2D eigenvalue weighted by molar-refractivity contribution is 0.250. The molecule has 21 heavy (non-hydrogen) atoms. The molecule has 4 heteroatoms. The van der Waals surface area contributed by atoms with Crippen molar-refractivity contribution in [1.29, 1.82) is 0 Å². The van der Waals surface area contributed by atoms with Crippen molar-refractivity contribution in [3.8, 4) is 0 Å². The SMILES string of the molecule is CN(C)C(CNCc1cccc2[nH]ccc12)c1ccco1. The van der Waals surface area contributed by atoms with E-state index in [1.165, 1.54) is 16.5 Å². The van der Waals surface area contributed by atoms with Crippen molar-refractivity contribution in [2.45, 2.75) is 12.6 Å².